The normalized spacial score (nSPS) is 21.8. The van der Waals surface area contributed by atoms with E-state index in [2.05, 4.69) is 35.1 Å². The summed E-state index contributed by atoms with van der Waals surface area (Å²) in [5.74, 6) is 1.94. The topological polar surface area (TPSA) is 39.7 Å². The van der Waals surface area contributed by atoms with E-state index in [0.29, 0.717) is 12.0 Å². The molecule has 0 amide bonds. The van der Waals surface area contributed by atoms with Gasteiger partial charge in [0.05, 0.1) is 20.3 Å². The number of hydrogen-bond donors (Lipinski definition) is 1. The fraction of sp³-hybridized carbons (Fsp3) is 0.625. The van der Waals surface area contributed by atoms with Crippen molar-refractivity contribution in [2.45, 2.75) is 32.4 Å². The van der Waals surface area contributed by atoms with Crippen LogP contribution in [0.1, 0.15) is 31.9 Å². The molecule has 2 atom stereocenters. The maximum atomic E-state index is 5.97. The van der Waals surface area contributed by atoms with Crippen molar-refractivity contribution in [3.05, 3.63) is 22.2 Å². The van der Waals surface area contributed by atoms with Crippen molar-refractivity contribution in [2.24, 2.45) is 5.92 Å². The van der Waals surface area contributed by atoms with Crippen molar-refractivity contribution in [3.63, 3.8) is 0 Å². The van der Waals surface area contributed by atoms with Gasteiger partial charge in [-0.2, -0.15) is 0 Å². The van der Waals surface area contributed by atoms with Crippen molar-refractivity contribution in [2.75, 3.05) is 27.4 Å². The average Bonchev–Trinajstić information content (AvgIpc) is 2.92. The molecule has 1 aromatic carbocycles. The molecule has 5 heteroatoms. The Morgan fingerprint density at radius 2 is 1.95 bits per heavy atom. The first kappa shape index (κ1) is 16.6. The molecule has 21 heavy (non-hydrogen) atoms. The fourth-order valence-electron chi connectivity index (χ4n) is 2.66. The SMILES string of the molecule is COc1cc(Br)c(C2OCCC2CNC(C)C)cc1OC. The molecule has 1 aromatic rings. The summed E-state index contributed by atoms with van der Waals surface area (Å²) in [6, 6.07) is 4.45. The number of ether oxygens (including phenoxy) is 3. The highest BCUT2D eigenvalue weighted by Crippen LogP contribution is 2.42. The molecule has 0 aromatic heterocycles. The smallest absolute Gasteiger partial charge is 0.161 e. The molecular weight excluding hydrogens is 334 g/mol. The number of rotatable bonds is 6. The highest BCUT2D eigenvalue weighted by Gasteiger charge is 2.31. The number of nitrogens with one attached hydrogen (secondary N) is 1. The van der Waals surface area contributed by atoms with Gasteiger partial charge >= 0.3 is 0 Å². The van der Waals surface area contributed by atoms with Gasteiger partial charge in [-0.3, -0.25) is 0 Å². The number of methoxy groups -OCH3 is 2. The van der Waals surface area contributed by atoms with Gasteiger partial charge in [0.2, 0.25) is 0 Å². The zero-order valence-corrected chi connectivity index (χ0v) is 14.7. The van der Waals surface area contributed by atoms with Gasteiger partial charge < -0.3 is 19.5 Å². The molecule has 1 N–H and O–H groups in total. The molecule has 0 bridgehead atoms. The minimum Gasteiger partial charge on any atom is -0.493 e. The summed E-state index contributed by atoms with van der Waals surface area (Å²) in [5.41, 5.74) is 1.13. The van der Waals surface area contributed by atoms with Gasteiger partial charge in [-0.25, -0.2) is 0 Å². The Labute approximate surface area is 135 Å². The van der Waals surface area contributed by atoms with E-state index in [0.717, 1.165) is 41.1 Å². The number of halogens is 1. The van der Waals surface area contributed by atoms with Gasteiger partial charge in [-0.05, 0) is 24.1 Å². The summed E-state index contributed by atoms with van der Waals surface area (Å²) in [6.45, 7) is 6.09. The monoisotopic (exact) mass is 357 g/mol. The number of hydrogen-bond acceptors (Lipinski definition) is 4. The molecule has 4 nitrogen and oxygen atoms in total. The van der Waals surface area contributed by atoms with Crippen LogP contribution >= 0.6 is 15.9 Å². The highest BCUT2D eigenvalue weighted by molar-refractivity contribution is 9.10. The summed E-state index contributed by atoms with van der Waals surface area (Å²) in [6.07, 6.45) is 1.16. The molecule has 1 fully saturated rings. The molecular formula is C16H24BrNO3. The van der Waals surface area contributed by atoms with E-state index in [-0.39, 0.29) is 6.10 Å². The molecule has 1 aliphatic rings. The Hall–Kier alpha value is -0.780. The molecule has 0 spiro atoms. The zero-order valence-electron chi connectivity index (χ0n) is 13.1. The van der Waals surface area contributed by atoms with Crippen LogP contribution in [0, 0.1) is 5.92 Å². The Morgan fingerprint density at radius 3 is 2.57 bits per heavy atom. The number of benzene rings is 1. The first-order valence-corrected chi connectivity index (χ1v) is 8.12. The van der Waals surface area contributed by atoms with Crippen LogP contribution in [-0.4, -0.2) is 33.4 Å². The first-order chi connectivity index (χ1) is 10.1. The summed E-state index contributed by atoms with van der Waals surface area (Å²) in [7, 11) is 3.30. The molecule has 0 saturated carbocycles. The minimum absolute atomic E-state index is 0.0884. The lowest BCUT2D eigenvalue weighted by Gasteiger charge is -2.22. The van der Waals surface area contributed by atoms with E-state index in [1.807, 2.05) is 12.1 Å². The summed E-state index contributed by atoms with van der Waals surface area (Å²) in [4.78, 5) is 0. The highest BCUT2D eigenvalue weighted by atomic mass is 79.9. The lowest BCUT2D eigenvalue weighted by molar-refractivity contribution is 0.0892. The fourth-order valence-corrected chi connectivity index (χ4v) is 3.21. The standard InChI is InChI=1S/C16H24BrNO3/c1-10(2)18-9-11-5-6-21-16(11)12-7-14(19-3)15(20-4)8-13(12)17/h7-8,10-11,16,18H,5-6,9H2,1-4H3. The summed E-state index contributed by atoms with van der Waals surface area (Å²) in [5, 5.41) is 3.51. The Balaban J connectivity index is 2.23. The van der Waals surface area contributed by atoms with Crippen molar-refractivity contribution in [1.29, 1.82) is 0 Å². The Morgan fingerprint density at radius 1 is 1.29 bits per heavy atom. The minimum atomic E-state index is 0.0884. The lowest BCUT2D eigenvalue weighted by Crippen LogP contribution is -2.30. The molecule has 1 aliphatic heterocycles. The maximum Gasteiger partial charge on any atom is 0.161 e. The third kappa shape index (κ3) is 3.90. The lowest BCUT2D eigenvalue weighted by atomic mass is 9.94. The van der Waals surface area contributed by atoms with Gasteiger partial charge in [0.15, 0.2) is 11.5 Å². The van der Waals surface area contributed by atoms with Crippen LogP contribution in [0.25, 0.3) is 0 Å². The van der Waals surface area contributed by atoms with Crippen LogP contribution in [0.4, 0.5) is 0 Å². The predicted octanol–water partition coefficient (Wildman–Crippen LogP) is 3.54. The van der Waals surface area contributed by atoms with Crippen LogP contribution in [0.2, 0.25) is 0 Å². The summed E-state index contributed by atoms with van der Waals surface area (Å²) >= 11 is 3.63. The quantitative estimate of drug-likeness (QED) is 0.844. The molecule has 0 radical (unpaired) electrons. The van der Waals surface area contributed by atoms with Gasteiger partial charge in [0.25, 0.3) is 0 Å². The van der Waals surface area contributed by atoms with Crippen molar-refractivity contribution in [1.82, 2.24) is 5.32 Å². The maximum absolute atomic E-state index is 5.97. The van der Waals surface area contributed by atoms with E-state index in [9.17, 15) is 0 Å². The molecule has 2 unspecified atom stereocenters. The van der Waals surface area contributed by atoms with Crippen molar-refractivity contribution >= 4 is 15.9 Å². The first-order valence-electron chi connectivity index (χ1n) is 7.33. The summed E-state index contributed by atoms with van der Waals surface area (Å²) < 4.78 is 17.7. The Kier molecular flexibility index (Phi) is 5.90. The molecule has 1 heterocycles. The van der Waals surface area contributed by atoms with Crippen molar-refractivity contribution in [3.8, 4) is 11.5 Å². The second-order valence-corrected chi connectivity index (χ2v) is 6.49. The van der Waals surface area contributed by atoms with E-state index >= 15 is 0 Å². The Bertz CT molecular complexity index is 479. The van der Waals surface area contributed by atoms with E-state index in [1.165, 1.54) is 0 Å². The zero-order chi connectivity index (χ0) is 15.4. The van der Waals surface area contributed by atoms with Crippen LogP contribution in [0.3, 0.4) is 0 Å². The third-order valence-corrected chi connectivity index (χ3v) is 4.50. The van der Waals surface area contributed by atoms with E-state index < -0.39 is 0 Å². The van der Waals surface area contributed by atoms with Crippen LogP contribution in [0.5, 0.6) is 11.5 Å². The van der Waals surface area contributed by atoms with Gasteiger partial charge in [0.1, 0.15) is 0 Å². The van der Waals surface area contributed by atoms with Crippen LogP contribution in [-0.2, 0) is 4.74 Å². The van der Waals surface area contributed by atoms with Gasteiger partial charge in [0, 0.05) is 29.6 Å². The van der Waals surface area contributed by atoms with Gasteiger partial charge in [-0.15, -0.1) is 0 Å². The molecule has 118 valence electrons. The van der Waals surface area contributed by atoms with E-state index in [4.69, 9.17) is 14.2 Å². The van der Waals surface area contributed by atoms with E-state index in [1.54, 1.807) is 14.2 Å². The second kappa shape index (κ2) is 7.47. The van der Waals surface area contributed by atoms with Gasteiger partial charge in [-0.1, -0.05) is 29.8 Å². The average molecular weight is 358 g/mol. The molecule has 0 aliphatic carbocycles. The van der Waals surface area contributed by atoms with Crippen LogP contribution < -0.4 is 14.8 Å². The van der Waals surface area contributed by atoms with Crippen LogP contribution in [0.15, 0.2) is 16.6 Å². The molecule has 1 saturated heterocycles. The predicted molar refractivity (Wildman–Crippen MR) is 87.2 cm³/mol. The van der Waals surface area contributed by atoms with Crippen molar-refractivity contribution < 1.29 is 14.2 Å². The molecule has 2 rings (SSSR count). The third-order valence-electron chi connectivity index (χ3n) is 3.81. The largest absolute Gasteiger partial charge is 0.493 e. The second-order valence-electron chi connectivity index (χ2n) is 5.63.